The molecule has 0 aliphatic carbocycles. The first kappa shape index (κ1) is 30.2. The topological polar surface area (TPSA) is 86.8 Å². The van der Waals surface area contributed by atoms with E-state index in [1.807, 2.05) is 52.0 Å². The fourth-order valence-electron chi connectivity index (χ4n) is 4.16. The Balaban J connectivity index is 2.06. The van der Waals surface area contributed by atoms with E-state index in [1.165, 1.54) is 17.0 Å². The van der Waals surface area contributed by atoms with Crippen molar-refractivity contribution in [2.75, 3.05) is 17.4 Å². The van der Waals surface area contributed by atoms with Crippen LogP contribution < -0.4 is 9.62 Å². The van der Waals surface area contributed by atoms with Crippen molar-refractivity contribution < 1.29 is 18.0 Å². The van der Waals surface area contributed by atoms with E-state index in [1.54, 1.807) is 36.4 Å². The summed E-state index contributed by atoms with van der Waals surface area (Å²) in [6, 6.07) is 19.8. The maximum Gasteiger partial charge on any atom is 0.264 e. The molecule has 1 N–H and O–H groups in total. The zero-order valence-corrected chi connectivity index (χ0v) is 24.4. The number of hydrogen-bond acceptors (Lipinski definition) is 4. The Bertz CT molecular complexity index is 1380. The van der Waals surface area contributed by atoms with Crippen LogP contribution in [0.5, 0.6) is 0 Å². The first-order valence-corrected chi connectivity index (χ1v) is 14.9. The highest BCUT2D eigenvalue weighted by molar-refractivity contribution is 7.92. The molecule has 2 amide bonds. The molecule has 0 radical (unpaired) electrons. The lowest BCUT2D eigenvalue weighted by Gasteiger charge is -2.33. The number of anilines is 1. The number of halogens is 1. The molecule has 0 fully saturated rings. The second kappa shape index (κ2) is 13.6. The number of benzene rings is 3. The molecule has 208 valence electrons. The zero-order valence-electron chi connectivity index (χ0n) is 22.9. The molecular weight excluding hydrogens is 534 g/mol. The highest BCUT2D eigenvalue weighted by atomic mass is 35.5. The molecule has 9 heteroatoms. The lowest BCUT2D eigenvalue weighted by molar-refractivity contribution is -0.140. The van der Waals surface area contributed by atoms with Crippen LogP contribution in [0.4, 0.5) is 5.69 Å². The third-order valence-corrected chi connectivity index (χ3v) is 8.66. The number of carbonyl (C=O) groups excluding carboxylic acids is 2. The van der Waals surface area contributed by atoms with Crippen LogP contribution in [0.2, 0.25) is 5.02 Å². The van der Waals surface area contributed by atoms with Crippen LogP contribution >= 0.6 is 11.6 Å². The zero-order chi connectivity index (χ0) is 28.6. The average Bonchev–Trinajstić information content (AvgIpc) is 2.93. The van der Waals surface area contributed by atoms with E-state index in [0.29, 0.717) is 18.0 Å². The Kier molecular flexibility index (Phi) is 10.5. The van der Waals surface area contributed by atoms with Gasteiger partial charge >= 0.3 is 0 Å². The van der Waals surface area contributed by atoms with Gasteiger partial charge in [0.1, 0.15) is 12.6 Å². The van der Waals surface area contributed by atoms with E-state index < -0.39 is 28.5 Å². The minimum absolute atomic E-state index is 0.0484. The second-order valence-electron chi connectivity index (χ2n) is 9.48. The molecule has 0 saturated heterocycles. The molecule has 0 saturated carbocycles. The summed E-state index contributed by atoms with van der Waals surface area (Å²) in [6.07, 6.45) is 1.13. The predicted octanol–water partition coefficient (Wildman–Crippen LogP) is 5.49. The normalized spacial score (nSPS) is 12.0. The Morgan fingerprint density at radius 3 is 2.21 bits per heavy atom. The van der Waals surface area contributed by atoms with Gasteiger partial charge < -0.3 is 10.2 Å². The van der Waals surface area contributed by atoms with Gasteiger partial charge in [0, 0.05) is 18.1 Å². The fraction of sp³-hybridized carbons (Fsp3) is 0.333. The van der Waals surface area contributed by atoms with Crippen LogP contribution in [0.15, 0.2) is 77.7 Å². The van der Waals surface area contributed by atoms with Crippen LogP contribution in [0.1, 0.15) is 43.4 Å². The van der Waals surface area contributed by atoms with E-state index in [2.05, 4.69) is 5.32 Å². The fourth-order valence-corrected chi connectivity index (χ4v) is 5.76. The van der Waals surface area contributed by atoms with Crippen molar-refractivity contribution in [2.24, 2.45) is 0 Å². The summed E-state index contributed by atoms with van der Waals surface area (Å²) < 4.78 is 28.7. The molecule has 7 nitrogen and oxygen atoms in total. The molecule has 1 atom stereocenters. The summed E-state index contributed by atoms with van der Waals surface area (Å²) in [7, 11) is -4.13. The first-order chi connectivity index (χ1) is 18.6. The quantitative estimate of drug-likeness (QED) is 0.313. The third kappa shape index (κ3) is 7.61. The van der Waals surface area contributed by atoms with Crippen LogP contribution in [-0.2, 0) is 26.2 Å². The van der Waals surface area contributed by atoms with E-state index in [-0.39, 0.29) is 23.0 Å². The molecule has 3 rings (SSSR count). The summed E-state index contributed by atoms with van der Waals surface area (Å²) in [5.41, 5.74) is 2.96. The SMILES string of the molecule is CCCNC(=O)[C@H](CC)N(Cc1ccc(C)cc1)C(=O)CN(c1ccc(C)c(Cl)c1)S(=O)(=O)c1ccccc1. The number of sulfonamides is 1. The van der Waals surface area contributed by atoms with Crippen LogP contribution in [-0.4, -0.2) is 44.3 Å². The number of nitrogens with zero attached hydrogens (tertiary/aromatic N) is 2. The van der Waals surface area contributed by atoms with Gasteiger partial charge in [-0.3, -0.25) is 13.9 Å². The minimum atomic E-state index is -4.13. The lowest BCUT2D eigenvalue weighted by atomic mass is 10.1. The van der Waals surface area contributed by atoms with Crippen molar-refractivity contribution in [3.63, 3.8) is 0 Å². The Hall–Kier alpha value is -3.36. The minimum Gasteiger partial charge on any atom is -0.354 e. The average molecular weight is 570 g/mol. The van der Waals surface area contributed by atoms with Crippen molar-refractivity contribution in [3.05, 3.63) is 94.5 Å². The number of amides is 2. The summed E-state index contributed by atoms with van der Waals surface area (Å²) in [4.78, 5) is 28.7. The Morgan fingerprint density at radius 2 is 1.62 bits per heavy atom. The highest BCUT2D eigenvalue weighted by Gasteiger charge is 2.33. The number of hydrogen-bond donors (Lipinski definition) is 1. The van der Waals surface area contributed by atoms with E-state index >= 15 is 0 Å². The van der Waals surface area contributed by atoms with Crippen molar-refractivity contribution in [3.8, 4) is 0 Å². The maximum atomic E-state index is 14.0. The monoisotopic (exact) mass is 569 g/mol. The van der Waals surface area contributed by atoms with Gasteiger partial charge in [-0.2, -0.15) is 0 Å². The summed E-state index contributed by atoms with van der Waals surface area (Å²) in [6.45, 7) is 7.72. The standard InChI is InChI=1S/C30H36ClN3O4S/c1-5-18-32-30(36)28(6-2)33(20-24-15-12-22(3)13-16-24)29(35)21-34(25-17-14-23(4)27(31)19-25)39(37,38)26-10-8-7-9-11-26/h7-17,19,28H,5-6,18,20-21H2,1-4H3,(H,32,36)/t28-/m0/s1. The van der Waals surface area contributed by atoms with Gasteiger partial charge in [-0.25, -0.2) is 8.42 Å². The number of aryl methyl sites for hydroxylation is 2. The number of nitrogens with one attached hydrogen (secondary N) is 1. The van der Waals surface area contributed by atoms with E-state index in [4.69, 9.17) is 11.6 Å². The molecule has 3 aromatic rings. The van der Waals surface area contributed by atoms with Gasteiger partial charge in [0.25, 0.3) is 10.0 Å². The molecule has 39 heavy (non-hydrogen) atoms. The van der Waals surface area contributed by atoms with Crippen molar-refractivity contribution in [1.29, 1.82) is 0 Å². The number of carbonyl (C=O) groups is 2. The number of rotatable bonds is 12. The largest absolute Gasteiger partial charge is 0.354 e. The lowest BCUT2D eigenvalue weighted by Crippen LogP contribution is -2.52. The smallest absolute Gasteiger partial charge is 0.264 e. The van der Waals surface area contributed by atoms with Gasteiger partial charge in [-0.15, -0.1) is 0 Å². The maximum absolute atomic E-state index is 14.0. The van der Waals surface area contributed by atoms with Gasteiger partial charge in [-0.05, 0) is 62.1 Å². The van der Waals surface area contributed by atoms with Crippen molar-refractivity contribution in [1.82, 2.24) is 10.2 Å². The molecule has 0 aliphatic rings. The Labute approximate surface area is 236 Å². The summed E-state index contributed by atoms with van der Waals surface area (Å²) >= 11 is 6.37. The summed E-state index contributed by atoms with van der Waals surface area (Å²) in [5, 5.41) is 3.27. The molecule has 0 spiro atoms. The predicted molar refractivity (Wildman–Crippen MR) is 156 cm³/mol. The molecule has 0 aliphatic heterocycles. The van der Waals surface area contributed by atoms with Crippen LogP contribution in [0.25, 0.3) is 0 Å². The third-order valence-electron chi connectivity index (χ3n) is 6.46. The highest BCUT2D eigenvalue weighted by Crippen LogP contribution is 2.28. The molecular formula is C30H36ClN3O4S. The Morgan fingerprint density at radius 1 is 0.949 bits per heavy atom. The van der Waals surface area contributed by atoms with E-state index in [9.17, 15) is 18.0 Å². The van der Waals surface area contributed by atoms with Crippen molar-refractivity contribution in [2.45, 2.75) is 58.0 Å². The molecule has 0 heterocycles. The van der Waals surface area contributed by atoms with Gasteiger partial charge in [-0.1, -0.05) is 79.5 Å². The van der Waals surface area contributed by atoms with Gasteiger partial charge in [0.05, 0.1) is 10.6 Å². The molecule has 0 unspecified atom stereocenters. The van der Waals surface area contributed by atoms with Crippen LogP contribution in [0.3, 0.4) is 0 Å². The second-order valence-corrected chi connectivity index (χ2v) is 11.8. The van der Waals surface area contributed by atoms with E-state index in [0.717, 1.165) is 27.4 Å². The molecule has 3 aromatic carbocycles. The van der Waals surface area contributed by atoms with Gasteiger partial charge in [0.15, 0.2) is 0 Å². The van der Waals surface area contributed by atoms with Crippen molar-refractivity contribution >= 4 is 39.1 Å². The summed E-state index contributed by atoms with van der Waals surface area (Å²) in [5.74, 6) is -0.763. The molecule has 0 aromatic heterocycles. The molecule has 0 bridgehead atoms. The van der Waals surface area contributed by atoms with Gasteiger partial charge in [0.2, 0.25) is 11.8 Å². The first-order valence-electron chi connectivity index (χ1n) is 13.0. The van der Waals surface area contributed by atoms with Crippen LogP contribution in [0, 0.1) is 13.8 Å².